The lowest BCUT2D eigenvalue weighted by Crippen LogP contribution is -2.36. The van der Waals surface area contributed by atoms with E-state index < -0.39 is 12.0 Å². The topological polar surface area (TPSA) is 99.8 Å². The number of likely N-dealkylation sites (tertiary alicyclic amines) is 2. The summed E-state index contributed by atoms with van der Waals surface area (Å²) in [7, 11) is 0. The Morgan fingerprint density at radius 3 is 2.50 bits per heavy atom. The summed E-state index contributed by atoms with van der Waals surface area (Å²) in [5, 5.41) is 0. The molecular weight excluding hydrogens is 386 g/mol. The van der Waals surface area contributed by atoms with E-state index in [1.807, 2.05) is 32.1 Å². The number of hydrogen-bond acceptors (Lipinski definition) is 5. The van der Waals surface area contributed by atoms with E-state index in [-0.39, 0.29) is 37.8 Å². The Morgan fingerprint density at radius 1 is 1.13 bits per heavy atom. The zero-order valence-electron chi connectivity index (χ0n) is 17.0. The van der Waals surface area contributed by atoms with Gasteiger partial charge < -0.3 is 9.72 Å². The Kier molecular flexibility index (Phi) is 5.15. The molecule has 1 N–H and O–H groups in total. The van der Waals surface area contributed by atoms with Gasteiger partial charge in [0.25, 0.3) is 5.91 Å². The molecule has 0 radical (unpaired) electrons. The van der Waals surface area contributed by atoms with Crippen molar-refractivity contribution in [1.82, 2.24) is 14.8 Å². The van der Waals surface area contributed by atoms with E-state index in [0.29, 0.717) is 11.3 Å². The van der Waals surface area contributed by atoms with Gasteiger partial charge in [0.1, 0.15) is 6.61 Å². The maximum atomic E-state index is 13.1. The Morgan fingerprint density at radius 2 is 1.83 bits per heavy atom. The van der Waals surface area contributed by atoms with Crippen LogP contribution in [0.4, 0.5) is 4.79 Å². The molecule has 0 bridgehead atoms. The van der Waals surface area contributed by atoms with E-state index in [1.165, 1.54) is 0 Å². The highest BCUT2D eigenvalue weighted by Gasteiger charge is 2.41. The fourth-order valence-corrected chi connectivity index (χ4v) is 3.99. The van der Waals surface area contributed by atoms with Crippen molar-refractivity contribution in [2.24, 2.45) is 0 Å². The molecular formula is C22H23N3O5. The molecule has 0 atom stereocenters. The number of carbonyl (C=O) groups is 4. The normalized spacial score (nSPS) is 20.1. The number of aromatic nitrogens is 1. The number of H-pyrrole nitrogens is 1. The van der Waals surface area contributed by atoms with E-state index in [4.69, 9.17) is 4.74 Å². The minimum atomic E-state index is -0.805. The molecule has 3 heterocycles. The molecule has 8 heteroatoms. The zero-order valence-corrected chi connectivity index (χ0v) is 17.0. The molecule has 0 spiro atoms. The summed E-state index contributed by atoms with van der Waals surface area (Å²) >= 11 is 0. The predicted octanol–water partition coefficient (Wildman–Crippen LogP) is 2.75. The van der Waals surface area contributed by atoms with Gasteiger partial charge in [0, 0.05) is 29.8 Å². The molecule has 30 heavy (non-hydrogen) atoms. The van der Waals surface area contributed by atoms with Crippen LogP contribution in [0.1, 0.15) is 42.6 Å². The second-order valence-electron chi connectivity index (χ2n) is 7.59. The average molecular weight is 409 g/mol. The van der Waals surface area contributed by atoms with Crippen LogP contribution < -0.4 is 0 Å². The van der Waals surface area contributed by atoms with Gasteiger partial charge >= 0.3 is 6.09 Å². The minimum Gasteiger partial charge on any atom is -0.447 e. The van der Waals surface area contributed by atoms with Crippen molar-refractivity contribution in [1.29, 1.82) is 0 Å². The first-order chi connectivity index (χ1) is 14.4. The number of imide groups is 2. The summed E-state index contributed by atoms with van der Waals surface area (Å²) in [6.07, 6.45) is 6.66. The summed E-state index contributed by atoms with van der Waals surface area (Å²) in [6, 6.07) is 1.99. The number of nitrogens with one attached hydrogen (secondary N) is 1. The van der Waals surface area contributed by atoms with Gasteiger partial charge in [-0.05, 0) is 44.4 Å². The third kappa shape index (κ3) is 3.49. The summed E-state index contributed by atoms with van der Waals surface area (Å²) in [5.74, 6) is -0.981. The lowest BCUT2D eigenvalue weighted by molar-refractivity contribution is -0.139. The molecule has 2 fully saturated rings. The van der Waals surface area contributed by atoms with Crippen LogP contribution in [-0.4, -0.2) is 51.8 Å². The molecule has 3 aliphatic rings. The lowest BCUT2D eigenvalue weighted by Gasteiger charge is -2.18. The van der Waals surface area contributed by atoms with Crippen molar-refractivity contribution >= 4 is 29.9 Å². The van der Waals surface area contributed by atoms with Crippen LogP contribution in [0.15, 0.2) is 35.1 Å². The molecule has 0 saturated carbocycles. The van der Waals surface area contributed by atoms with Gasteiger partial charge in [0.15, 0.2) is 0 Å². The number of aromatic amines is 1. The molecule has 0 unspecified atom stereocenters. The van der Waals surface area contributed by atoms with Crippen LogP contribution in [0.5, 0.6) is 0 Å². The van der Waals surface area contributed by atoms with Gasteiger partial charge in [-0.3, -0.25) is 19.3 Å². The number of fused-ring (bicyclic) bond motifs is 1. The van der Waals surface area contributed by atoms with E-state index in [1.54, 1.807) is 6.08 Å². The second kappa shape index (κ2) is 7.78. The summed E-state index contributed by atoms with van der Waals surface area (Å²) < 4.78 is 5.25. The first-order valence-corrected chi connectivity index (χ1v) is 10.00. The fraction of sp³-hybridized carbons (Fsp3) is 0.364. The molecule has 0 aromatic carbocycles. The molecule has 8 nitrogen and oxygen atoms in total. The summed E-state index contributed by atoms with van der Waals surface area (Å²) in [5.41, 5.74) is 4.50. The fourth-order valence-electron chi connectivity index (χ4n) is 3.99. The first kappa shape index (κ1) is 19.9. The first-order valence-electron chi connectivity index (χ1n) is 10.00. The van der Waals surface area contributed by atoms with Crippen LogP contribution in [0.3, 0.4) is 0 Å². The number of aryl methyl sites for hydroxylation is 2. The lowest BCUT2D eigenvalue weighted by atomic mass is 9.99. The molecule has 2 aliphatic heterocycles. The number of ether oxygens (including phenoxy) is 1. The highest BCUT2D eigenvalue weighted by atomic mass is 16.6. The molecule has 4 rings (SSSR count). The zero-order chi connectivity index (χ0) is 21.4. The molecule has 1 aliphatic carbocycles. The molecule has 1 aromatic heterocycles. The number of carbonyl (C=O) groups excluding carboxylic acids is 4. The van der Waals surface area contributed by atoms with Crippen molar-refractivity contribution in [3.05, 3.63) is 52.0 Å². The minimum absolute atomic E-state index is 0.00315. The molecule has 156 valence electrons. The van der Waals surface area contributed by atoms with Crippen LogP contribution in [0.2, 0.25) is 0 Å². The highest BCUT2D eigenvalue weighted by Crippen LogP contribution is 2.38. The number of nitrogens with zero attached hydrogens (tertiary/aromatic N) is 2. The highest BCUT2D eigenvalue weighted by molar-refractivity contribution is 6.15. The number of amides is 4. The van der Waals surface area contributed by atoms with E-state index in [9.17, 15) is 19.2 Å². The van der Waals surface area contributed by atoms with E-state index in [0.717, 1.165) is 45.2 Å². The summed E-state index contributed by atoms with van der Waals surface area (Å²) in [6.45, 7) is 3.74. The molecule has 1 aromatic rings. The van der Waals surface area contributed by atoms with Crippen molar-refractivity contribution in [3.8, 4) is 0 Å². The Bertz CT molecular complexity index is 1030. The summed E-state index contributed by atoms with van der Waals surface area (Å²) in [4.78, 5) is 54.5. The largest absolute Gasteiger partial charge is 0.447 e. The quantitative estimate of drug-likeness (QED) is 0.609. The average Bonchev–Trinajstić information content (AvgIpc) is 3.30. The smallest absolute Gasteiger partial charge is 0.421 e. The van der Waals surface area contributed by atoms with E-state index in [2.05, 4.69) is 4.98 Å². The third-order valence-corrected chi connectivity index (χ3v) is 5.45. The standard InChI is InChI=1S/C22H23N3O5/c1-13-11-14(2)23-17(13)12-16-15-5-3-4-6-18(15)25(21(16)28)22(29)30-10-9-24-19(26)7-8-20(24)27/h5-6,11-12,23H,3-4,7-10H2,1-2H3/b16-12-. The Hall–Kier alpha value is -3.42. The predicted molar refractivity (Wildman–Crippen MR) is 108 cm³/mol. The molecule has 2 saturated heterocycles. The Labute approximate surface area is 173 Å². The van der Waals surface area contributed by atoms with Crippen LogP contribution in [0.25, 0.3) is 6.08 Å². The van der Waals surface area contributed by atoms with Gasteiger partial charge in [-0.1, -0.05) is 12.2 Å². The third-order valence-electron chi connectivity index (χ3n) is 5.45. The van der Waals surface area contributed by atoms with Crippen molar-refractivity contribution in [3.63, 3.8) is 0 Å². The van der Waals surface area contributed by atoms with Gasteiger partial charge in [-0.2, -0.15) is 0 Å². The van der Waals surface area contributed by atoms with E-state index >= 15 is 0 Å². The van der Waals surface area contributed by atoms with Crippen LogP contribution >= 0.6 is 0 Å². The number of hydrogen-bond donors (Lipinski definition) is 1. The van der Waals surface area contributed by atoms with Gasteiger partial charge in [0.05, 0.1) is 17.8 Å². The van der Waals surface area contributed by atoms with Crippen molar-refractivity contribution < 1.29 is 23.9 Å². The van der Waals surface area contributed by atoms with Crippen molar-refractivity contribution in [2.45, 2.75) is 39.5 Å². The van der Waals surface area contributed by atoms with Gasteiger partial charge in [-0.15, -0.1) is 0 Å². The maximum absolute atomic E-state index is 13.1. The van der Waals surface area contributed by atoms with Crippen LogP contribution in [-0.2, 0) is 19.1 Å². The van der Waals surface area contributed by atoms with Crippen molar-refractivity contribution in [2.75, 3.05) is 13.2 Å². The molecule has 4 amide bonds. The van der Waals surface area contributed by atoms with Gasteiger partial charge in [0.2, 0.25) is 11.8 Å². The SMILES string of the molecule is Cc1cc(C)c(/C=C2\C(=O)N(C(=O)OCCN3C(=O)CCC3=O)C3=CCCC=C32)[nH]1. The monoisotopic (exact) mass is 409 g/mol. The second-order valence-corrected chi connectivity index (χ2v) is 7.59. The van der Waals surface area contributed by atoms with Gasteiger partial charge in [-0.25, -0.2) is 9.69 Å². The number of rotatable bonds is 4. The Balaban J connectivity index is 1.52. The maximum Gasteiger partial charge on any atom is 0.421 e. The van der Waals surface area contributed by atoms with Crippen LogP contribution in [0, 0.1) is 13.8 Å². The number of allylic oxidation sites excluding steroid dienone is 3.